The second kappa shape index (κ2) is 4.88. The summed E-state index contributed by atoms with van der Waals surface area (Å²) in [4.78, 5) is 26.5. The van der Waals surface area contributed by atoms with Crippen LogP contribution in [0.3, 0.4) is 0 Å². The molecule has 0 aromatic carbocycles. The third kappa shape index (κ3) is 2.47. The van der Waals surface area contributed by atoms with E-state index in [1.54, 1.807) is 4.90 Å². The normalized spacial score (nSPS) is 23.7. The monoisotopic (exact) mass is 262 g/mol. The van der Waals surface area contributed by atoms with Gasteiger partial charge in [-0.05, 0) is 26.7 Å². The van der Waals surface area contributed by atoms with E-state index in [2.05, 4.69) is 11.2 Å². The molecular weight excluding hydrogens is 240 g/mol. The van der Waals surface area contributed by atoms with Crippen molar-refractivity contribution in [2.75, 3.05) is 6.54 Å². The molecule has 4 heteroatoms. The highest BCUT2D eigenvalue weighted by Crippen LogP contribution is 2.33. The summed E-state index contributed by atoms with van der Waals surface area (Å²) >= 11 is 0. The molecule has 4 nitrogen and oxygen atoms in total. The Hall–Kier alpha value is -1.50. The summed E-state index contributed by atoms with van der Waals surface area (Å²) in [6.07, 6.45) is 10.4. The van der Waals surface area contributed by atoms with Crippen LogP contribution in [0.1, 0.15) is 52.4 Å². The number of nitrogens with one attached hydrogen (secondary N) is 1. The van der Waals surface area contributed by atoms with Crippen LogP contribution in [0.15, 0.2) is 0 Å². The maximum absolute atomic E-state index is 12.9. The van der Waals surface area contributed by atoms with Gasteiger partial charge < -0.3 is 10.2 Å². The molecule has 1 spiro atoms. The molecule has 104 valence electrons. The minimum absolute atomic E-state index is 0.000926. The van der Waals surface area contributed by atoms with Crippen molar-refractivity contribution in [3.63, 3.8) is 0 Å². The van der Waals surface area contributed by atoms with E-state index in [4.69, 9.17) is 6.42 Å². The van der Waals surface area contributed by atoms with Gasteiger partial charge in [0.15, 0.2) is 0 Å². The fourth-order valence-corrected chi connectivity index (χ4v) is 3.06. The fraction of sp³-hybridized carbons (Fsp3) is 0.733. The van der Waals surface area contributed by atoms with Crippen molar-refractivity contribution in [3.05, 3.63) is 0 Å². The molecule has 0 unspecified atom stereocenters. The molecule has 1 N–H and O–H groups in total. The Kier molecular flexibility index (Phi) is 3.58. The zero-order valence-electron chi connectivity index (χ0n) is 11.8. The first-order valence-corrected chi connectivity index (χ1v) is 7.02. The molecule has 1 aliphatic carbocycles. The zero-order valence-corrected chi connectivity index (χ0v) is 11.8. The Bertz CT molecular complexity index is 428. The molecule has 2 rings (SSSR count). The number of carbonyl (C=O) groups is 2. The number of rotatable bonds is 1. The lowest BCUT2D eigenvalue weighted by Gasteiger charge is -2.42. The summed E-state index contributed by atoms with van der Waals surface area (Å²) < 4.78 is 0. The van der Waals surface area contributed by atoms with Crippen LogP contribution < -0.4 is 5.32 Å². The van der Waals surface area contributed by atoms with Crippen LogP contribution >= 0.6 is 0 Å². The van der Waals surface area contributed by atoms with Crippen LogP contribution in [0.2, 0.25) is 0 Å². The molecule has 2 fully saturated rings. The molecule has 0 aromatic rings. The average molecular weight is 262 g/mol. The molecule has 0 radical (unpaired) electrons. The second-order valence-electron chi connectivity index (χ2n) is 6.10. The second-order valence-corrected chi connectivity index (χ2v) is 6.10. The molecule has 1 saturated carbocycles. The molecule has 0 aromatic heterocycles. The molecule has 1 aliphatic heterocycles. The largest absolute Gasteiger partial charge is 0.342 e. The summed E-state index contributed by atoms with van der Waals surface area (Å²) in [5.41, 5.74) is -1.35. The summed E-state index contributed by atoms with van der Waals surface area (Å²) in [7, 11) is 0. The lowest BCUT2D eigenvalue weighted by atomic mass is 9.80. The van der Waals surface area contributed by atoms with Crippen molar-refractivity contribution >= 4 is 11.8 Å². The lowest BCUT2D eigenvalue weighted by molar-refractivity contribution is -0.143. The Morgan fingerprint density at radius 2 is 1.89 bits per heavy atom. The van der Waals surface area contributed by atoms with Crippen molar-refractivity contribution in [1.82, 2.24) is 10.2 Å². The molecule has 2 aliphatic rings. The first-order valence-electron chi connectivity index (χ1n) is 7.02. The molecule has 1 saturated heterocycles. The lowest BCUT2D eigenvalue weighted by Crippen LogP contribution is -2.61. The van der Waals surface area contributed by atoms with Gasteiger partial charge in [-0.15, -0.1) is 6.42 Å². The van der Waals surface area contributed by atoms with Crippen molar-refractivity contribution in [2.24, 2.45) is 0 Å². The summed E-state index contributed by atoms with van der Waals surface area (Å²) in [6.45, 7) is 4.12. The van der Waals surface area contributed by atoms with Gasteiger partial charge in [0.1, 0.15) is 5.54 Å². The van der Waals surface area contributed by atoms with Crippen LogP contribution in [-0.2, 0) is 9.59 Å². The number of carbonyl (C=O) groups excluding carboxylic acids is 2. The van der Waals surface area contributed by atoms with E-state index in [0.29, 0.717) is 13.0 Å². The van der Waals surface area contributed by atoms with Crippen LogP contribution in [0.25, 0.3) is 0 Å². The van der Waals surface area contributed by atoms with E-state index in [9.17, 15) is 9.59 Å². The van der Waals surface area contributed by atoms with E-state index in [0.717, 1.165) is 32.1 Å². The predicted octanol–water partition coefficient (Wildman–Crippen LogP) is 1.45. The molecular formula is C15H22N2O2. The number of terminal acetylenes is 1. The van der Waals surface area contributed by atoms with Crippen LogP contribution in [0.5, 0.6) is 0 Å². The first kappa shape index (κ1) is 13.9. The van der Waals surface area contributed by atoms with Crippen molar-refractivity contribution < 1.29 is 9.59 Å². The van der Waals surface area contributed by atoms with Crippen molar-refractivity contribution in [1.29, 1.82) is 0 Å². The van der Waals surface area contributed by atoms with Crippen LogP contribution in [0.4, 0.5) is 0 Å². The van der Waals surface area contributed by atoms with Gasteiger partial charge in [-0.1, -0.05) is 25.2 Å². The third-order valence-corrected chi connectivity index (χ3v) is 4.33. The van der Waals surface area contributed by atoms with Gasteiger partial charge in [-0.3, -0.25) is 9.59 Å². The minimum atomic E-state index is -0.708. The quantitative estimate of drug-likeness (QED) is 0.727. The van der Waals surface area contributed by atoms with Crippen molar-refractivity contribution in [2.45, 2.75) is 63.5 Å². The number of nitrogens with zero attached hydrogens (tertiary/aromatic N) is 1. The zero-order chi connectivity index (χ0) is 14.1. The summed E-state index contributed by atoms with van der Waals surface area (Å²) in [5, 5.41) is 2.97. The average Bonchev–Trinajstić information content (AvgIpc) is 2.50. The molecule has 2 amide bonds. The SMILES string of the molecule is C#CC(C)(C)N1CCC(=O)NC2(CCCCC2)C1=O. The van der Waals surface area contributed by atoms with Gasteiger partial charge in [0, 0.05) is 13.0 Å². The first-order chi connectivity index (χ1) is 8.91. The Balaban J connectivity index is 2.35. The third-order valence-electron chi connectivity index (χ3n) is 4.33. The molecule has 0 bridgehead atoms. The predicted molar refractivity (Wildman–Crippen MR) is 73.2 cm³/mol. The fourth-order valence-electron chi connectivity index (χ4n) is 3.06. The van der Waals surface area contributed by atoms with E-state index < -0.39 is 11.1 Å². The van der Waals surface area contributed by atoms with Gasteiger partial charge in [-0.2, -0.15) is 0 Å². The van der Waals surface area contributed by atoms with Crippen LogP contribution in [-0.4, -0.2) is 34.3 Å². The Morgan fingerprint density at radius 3 is 2.47 bits per heavy atom. The molecule has 19 heavy (non-hydrogen) atoms. The van der Waals surface area contributed by atoms with Crippen molar-refractivity contribution in [3.8, 4) is 12.3 Å². The molecule has 0 atom stereocenters. The minimum Gasteiger partial charge on any atom is -0.342 e. The van der Waals surface area contributed by atoms with E-state index in [-0.39, 0.29) is 11.8 Å². The van der Waals surface area contributed by atoms with Crippen LogP contribution in [0, 0.1) is 12.3 Å². The maximum Gasteiger partial charge on any atom is 0.249 e. The highest BCUT2D eigenvalue weighted by atomic mass is 16.2. The Labute approximate surface area is 114 Å². The van der Waals surface area contributed by atoms with E-state index in [1.807, 2.05) is 13.8 Å². The highest BCUT2D eigenvalue weighted by molar-refractivity contribution is 5.94. The number of hydrogen-bond donors (Lipinski definition) is 1. The van der Waals surface area contributed by atoms with Gasteiger partial charge in [0.2, 0.25) is 11.8 Å². The molecule has 1 heterocycles. The van der Waals surface area contributed by atoms with Gasteiger partial charge >= 0.3 is 0 Å². The van der Waals surface area contributed by atoms with Gasteiger partial charge in [-0.25, -0.2) is 0 Å². The standard InChI is InChI=1S/C15H22N2O2/c1-4-14(2,3)17-11-8-12(18)16-15(13(17)19)9-6-5-7-10-15/h1H,5-11H2,2-3H3,(H,16,18). The van der Waals surface area contributed by atoms with E-state index in [1.165, 1.54) is 0 Å². The highest BCUT2D eigenvalue weighted by Gasteiger charge is 2.47. The Morgan fingerprint density at radius 1 is 1.26 bits per heavy atom. The van der Waals surface area contributed by atoms with Gasteiger partial charge in [0.05, 0.1) is 5.54 Å². The topological polar surface area (TPSA) is 49.4 Å². The van der Waals surface area contributed by atoms with Gasteiger partial charge in [0.25, 0.3) is 0 Å². The summed E-state index contributed by atoms with van der Waals surface area (Å²) in [5.74, 6) is 2.64. The van der Waals surface area contributed by atoms with E-state index >= 15 is 0 Å². The number of amides is 2. The maximum atomic E-state index is 12.9. The smallest absolute Gasteiger partial charge is 0.249 e. The number of hydrogen-bond acceptors (Lipinski definition) is 2. The summed E-state index contributed by atoms with van der Waals surface area (Å²) in [6, 6.07) is 0.